The highest BCUT2D eigenvalue weighted by Gasteiger charge is 2.04. The van der Waals surface area contributed by atoms with E-state index in [2.05, 4.69) is 13.0 Å². The van der Waals surface area contributed by atoms with Gasteiger partial charge in [0.1, 0.15) is 5.91 Å². The Morgan fingerprint density at radius 3 is 2.10 bits per heavy atom. The molecule has 0 bridgehead atoms. The Bertz CT molecular complexity index is 54.4. The summed E-state index contributed by atoms with van der Waals surface area (Å²) in [4.78, 5) is 0. The van der Waals surface area contributed by atoms with Crippen molar-refractivity contribution in [2.24, 2.45) is 0 Å². The molecular weight excluding hydrogens is 144 g/mol. The zero-order chi connectivity index (χ0) is 7.82. The minimum absolute atomic E-state index is 0.111. The smallest absolute Gasteiger partial charge is 0.135 e. The van der Waals surface area contributed by atoms with Crippen molar-refractivity contribution < 1.29 is 9.47 Å². The van der Waals surface area contributed by atoms with Crippen molar-refractivity contribution in [2.45, 2.75) is 26.7 Å². The van der Waals surface area contributed by atoms with Crippen LogP contribution in [0.2, 0.25) is 0 Å². The van der Waals surface area contributed by atoms with Gasteiger partial charge in [-0.1, -0.05) is 6.92 Å². The normalized spacial score (nSPS) is 12.0. The molecule has 0 unspecified atom stereocenters. The Morgan fingerprint density at radius 1 is 1.30 bits per heavy atom. The van der Waals surface area contributed by atoms with Gasteiger partial charge in [-0.2, -0.15) is 0 Å². The zero-order valence-electron chi connectivity index (χ0n) is 7.09. The maximum atomic E-state index is 5.33. The van der Waals surface area contributed by atoms with Gasteiger partial charge in [0.25, 0.3) is 0 Å². The first-order chi connectivity index (χ1) is 4.85. The SMILES string of the molecule is C[CH][SiH2]C(OCC)OCC. The summed E-state index contributed by atoms with van der Waals surface area (Å²) in [5, 5.41) is 0. The van der Waals surface area contributed by atoms with Crippen LogP contribution in [0.3, 0.4) is 0 Å². The van der Waals surface area contributed by atoms with Crippen molar-refractivity contribution in [1.82, 2.24) is 0 Å². The van der Waals surface area contributed by atoms with Crippen molar-refractivity contribution >= 4 is 9.52 Å². The van der Waals surface area contributed by atoms with Crippen LogP contribution in [0.25, 0.3) is 0 Å². The number of hydrogen-bond donors (Lipinski definition) is 0. The largest absolute Gasteiger partial charge is 0.357 e. The summed E-state index contributed by atoms with van der Waals surface area (Å²) in [6.07, 6.45) is 0. The molecule has 0 fully saturated rings. The fourth-order valence-corrected chi connectivity index (χ4v) is 1.88. The fourth-order valence-electron chi connectivity index (χ4n) is 0.748. The summed E-state index contributed by atoms with van der Waals surface area (Å²) < 4.78 is 10.7. The molecule has 0 saturated heterocycles. The van der Waals surface area contributed by atoms with Gasteiger partial charge < -0.3 is 9.47 Å². The molecule has 0 rings (SSSR count). The lowest BCUT2D eigenvalue weighted by atomic mass is 10.8. The Labute approximate surface area is 65.7 Å². The third kappa shape index (κ3) is 4.96. The van der Waals surface area contributed by atoms with Crippen molar-refractivity contribution in [3.63, 3.8) is 0 Å². The van der Waals surface area contributed by atoms with Crippen LogP contribution in [0.5, 0.6) is 0 Å². The Balaban J connectivity index is 3.30. The predicted molar refractivity (Wildman–Crippen MR) is 45.6 cm³/mol. The molecule has 1 radical (unpaired) electrons. The van der Waals surface area contributed by atoms with Gasteiger partial charge in [0.2, 0.25) is 0 Å². The molecule has 0 aliphatic rings. The molecule has 0 N–H and O–H groups in total. The van der Waals surface area contributed by atoms with Crippen LogP contribution < -0.4 is 0 Å². The standard InChI is InChI=1S/C7H17O2Si/c1-4-8-7(9-5-2)10-6-3/h6-7H,4-5,10H2,1-3H3. The fraction of sp³-hybridized carbons (Fsp3) is 0.857. The quantitative estimate of drug-likeness (QED) is 0.421. The van der Waals surface area contributed by atoms with Gasteiger partial charge in [0.15, 0.2) is 0 Å². The summed E-state index contributed by atoms with van der Waals surface area (Å²) >= 11 is 0. The monoisotopic (exact) mass is 161 g/mol. The van der Waals surface area contributed by atoms with Crippen molar-refractivity contribution in [3.05, 3.63) is 6.04 Å². The van der Waals surface area contributed by atoms with E-state index < -0.39 is 0 Å². The van der Waals surface area contributed by atoms with E-state index in [4.69, 9.17) is 9.47 Å². The van der Waals surface area contributed by atoms with Gasteiger partial charge in [0, 0.05) is 13.2 Å². The molecule has 0 atom stereocenters. The van der Waals surface area contributed by atoms with E-state index in [9.17, 15) is 0 Å². The molecule has 0 saturated carbocycles. The second kappa shape index (κ2) is 7.25. The van der Waals surface area contributed by atoms with Gasteiger partial charge in [-0.05, 0) is 19.9 Å². The summed E-state index contributed by atoms with van der Waals surface area (Å²) in [7, 11) is -0.256. The summed E-state index contributed by atoms with van der Waals surface area (Å²) in [5.74, 6) is 0.111. The Hall–Kier alpha value is 0.137. The van der Waals surface area contributed by atoms with Crippen molar-refractivity contribution in [2.75, 3.05) is 13.2 Å². The third-order valence-corrected chi connectivity index (χ3v) is 2.46. The topological polar surface area (TPSA) is 18.5 Å². The molecule has 0 aromatic rings. The van der Waals surface area contributed by atoms with Gasteiger partial charge in [-0.15, -0.1) is 0 Å². The van der Waals surface area contributed by atoms with E-state index in [1.807, 2.05) is 13.8 Å². The second-order valence-electron chi connectivity index (χ2n) is 1.98. The Kier molecular flexibility index (Phi) is 7.35. The highest BCUT2D eigenvalue weighted by atomic mass is 28.2. The second-order valence-corrected chi connectivity index (χ2v) is 3.94. The third-order valence-electron chi connectivity index (χ3n) is 1.13. The molecular formula is C7H17O2Si. The minimum atomic E-state index is -0.256. The maximum absolute atomic E-state index is 5.33. The van der Waals surface area contributed by atoms with Crippen LogP contribution in [-0.4, -0.2) is 28.6 Å². The molecule has 0 aromatic carbocycles. The van der Waals surface area contributed by atoms with E-state index in [0.29, 0.717) is 0 Å². The number of ether oxygens (including phenoxy) is 2. The average molecular weight is 161 g/mol. The number of rotatable bonds is 6. The first-order valence-corrected chi connectivity index (χ1v) is 5.49. The summed E-state index contributed by atoms with van der Waals surface area (Å²) in [6.45, 7) is 7.57. The van der Waals surface area contributed by atoms with Crippen LogP contribution in [0.15, 0.2) is 0 Å². The molecule has 0 heterocycles. The van der Waals surface area contributed by atoms with Gasteiger partial charge in [0.05, 0.1) is 9.52 Å². The summed E-state index contributed by atoms with van der Waals surface area (Å²) in [5.41, 5.74) is 0. The minimum Gasteiger partial charge on any atom is -0.357 e. The first-order valence-electron chi connectivity index (χ1n) is 3.86. The van der Waals surface area contributed by atoms with Crippen LogP contribution in [0, 0.1) is 6.04 Å². The lowest BCUT2D eigenvalue weighted by Gasteiger charge is -2.14. The first kappa shape index (κ1) is 10.1. The van der Waals surface area contributed by atoms with Gasteiger partial charge in [-0.25, -0.2) is 0 Å². The molecule has 10 heavy (non-hydrogen) atoms. The molecule has 0 spiro atoms. The molecule has 0 aromatic heterocycles. The van der Waals surface area contributed by atoms with Crippen molar-refractivity contribution in [1.29, 1.82) is 0 Å². The van der Waals surface area contributed by atoms with E-state index in [1.54, 1.807) is 0 Å². The van der Waals surface area contributed by atoms with E-state index in [1.165, 1.54) is 0 Å². The van der Waals surface area contributed by atoms with E-state index in [0.717, 1.165) is 13.2 Å². The van der Waals surface area contributed by atoms with Crippen LogP contribution in [0.1, 0.15) is 20.8 Å². The highest BCUT2D eigenvalue weighted by molar-refractivity contribution is 6.40. The number of hydrogen-bond acceptors (Lipinski definition) is 2. The zero-order valence-corrected chi connectivity index (χ0v) is 8.51. The lowest BCUT2D eigenvalue weighted by molar-refractivity contribution is -0.0821. The lowest BCUT2D eigenvalue weighted by Crippen LogP contribution is -2.24. The van der Waals surface area contributed by atoms with Crippen LogP contribution in [0.4, 0.5) is 0 Å². The van der Waals surface area contributed by atoms with Gasteiger partial charge in [-0.3, -0.25) is 0 Å². The molecule has 3 heteroatoms. The maximum Gasteiger partial charge on any atom is 0.135 e. The summed E-state index contributed by atoms with van der Waals surface area (Å²) in [6, 6.07) is 2.19. The van der Waals surface area contributed by atoms with Gasteiger partial charge >= 0.3 is 0 Å². The predicted octanol–water partition coefficient (Wildman–Crippen LogP) is 0.693. The van der Waals surface area contributed by atoms with Crippen LogP contribution in [-0.2, 0) is 9.47 Å². The average Bonchev–Trinajstić information content (AvgIpc) is 1.90. The molecule has 2 nitrogen and oxygen atoms in total. The molecule has 0 aliphatic carbocycles. The molecule has 0 amide bonds. The van der Waals surface area contributed by atoms with Crippen molar-refractivity contribution in [3.8, 4) is 0 Å². The van der Waals surface area contributed by atoms with E-state index in [-0.39, 0.29) is 15.4 Å². The highest BCUT2D eigenvalue weighted by Crippen LogP contribution is 1.93. The molecule has 61 valence electrons. The van der Waals surface area contributed by atoms with E-state index >= 15 is 0 Å². The molecule has 0 aliphatic heterocycles. The van der Waals surface area contributed by atoms with Crippen LogP contribution >= 0.6 is 0 Å². The Morgan fingerprint density at radius 2 is 1.80 bits per heavy atom.